The van der Waals surface area contributed by atoms with Crippen molar-refractivity contribution in [1.29, 1.82) is 0 Å². The Balaban J connectivity index is 1.59. The van der Waals surface area contributed by atoms with Crippen molar-refractivity contribution in [3.05, 3.63) is 29.7 Å². The first kappa shape index (κ1) is 13.1. The van der Waals surface area contributed by atoms with Crippen LogP contribution in [-0.2, 0) is 16.1 Å². The first-order valence-corrected chi connectivity index (χ1v) is 7.27. The van der Waals surface area contributed by atoms with Crippen LogP contribution in [0.3, 0.4) is 0 Å². The minimum absolute atomic E-state index is 0.0203. The van der Waals surface area contributed by atoms with E-state index < -0.39 is 0 Å². The van der Waals surface area contributed by atoms with Gasteiger partial charge in [-0.1, -0.05) is 0 Å². The summed E-state index contributed by atoms with van der Waals surface area (Å²) in [5.41, 5.74) is 1.59. The molecule has 1 N–H and O–H groups in total. The van der Waals surface area contributed by atoms with Gasteiger partial charge >= 0.3 is 0 Å². The first-order valence-electron chi connectivity index (χ1n) is 6.39. The van der Waals surface area contributed by atoms with Crippen LogP contribution in [0.1, 0.15) is 12.1 Å². The molecule has 0 bridgehead atoms. The fraction of sp³-hybridized carbons (Fsp3) is 0.385. The maximum atomic E-state index is 11.9. The van der Waals surface area contributed by atoms with Crippen LogP contribution in [0.4, 0.5) is 0 Å². The van der Waals surface area contributed by atoms with Crippen molar-refractivity contribution in [2.75, 3.05) is 13.2 Å². The van der Waals surface area contributed by atoms with E-state index >= 15 is 0 Å². The minimum atomic E-state index is -0.0203. The van der Waals surface area contributed by atoms with Gasteiger partial charge in [-0.2, -0.15) is 0 Å². The zero-order valence-corrected chi connectivity index (χ0v) is 11.6. The highest BCUT2D eigenvalue weighted by atomic mass is 32.1. The van der Waals surface area contributed by atoms with Gasteiger partial charge in [0, 0.05) is 24.4 Å². The van der Waals surface area contributed by atoms with E-state index in [0.29, 0.717) is 19.8 Å². The van der Waals surface area contributed by atoms with Gasteiger partial charge in [-0.25, -0.2) is 4.98 Å². The lowest BCUT2D eigenvalue weighted by Crippen LogP contribution is -2.30. The molecule has 1 amide bonds. The lowest BCUT2D eigenvalue weighted by molar-refractivity contribution is -0.125. The molecule has 3 heterocycles. The summed E-state index contributed by atoms with van der Waals surface area (Å²) in [6, 6.07) is 0. The van der Waals surface area contributed by atoms with E-state index in [2.05, 4.69) is 20.3 Å². The molecule has 1 saturated heterocycles. The van der Waals surface area contributed by atoms with Gasteiger partial charge in [0.25, 0.3) is 0 Å². The maximum absolute atomic E-state index is 11.9. The topological polar surface area (TPSA) is 77.0 Å². The highest BCUT2D eigenvalue weighted by molar-refractivity contribution is 7.13. The maximum Gasteiger partial charge on any atom is 0.225 e. The van der Waals surface area contributed by atoms with Crippen LogP contribution in [0.5, 0.6) is 0 Å². The molecule has 3 rings (SSSR count). The summed E-state index contributed by atoms with van der Waals surface area (Å²) in [5, 5.41) is 5.63. The summed E-state index contributed by atoms with van der Waals surface area (Å²) in [6.45, 7) is 1.63. The summed E-state index contributed by atoms with van der Waals surface area (Å²) in [7, 11) is 0. The van der Waals surface area contributed by atoms with Crippen molar-refractivity contribution in [3.8, 4) is 10.7 Å². The van der Waals surface area contributed by atoms with Gasteiger partial charge in [0.05, 0.1) is 31.0 Å². The average molecular weight is 290 g/mol. The lowest BCUT2D eigenvalue weighted by atomic mass is 10.1. The predicted molar refractivity (Wildman–Crippen MR) is 73.9 cm³/mol. The Bertz CT molecular complexity index is 581. The fourth-order valence-electron chi connectivity index (χ4n) is 1.98. The van der Waals surface area contributed by atoms with Crippen molar-refractivity contribution in [2.45, 2.75) is 13.0 Å². The lowest BCUT2D eigenvalue weighted by Gasteiger charge is -2.07. The molecule has 1 fully saturated rings. The molecule has 1 atom stereocenters. The Labute approximate surface area is 120 Å². The Kier molecular flexibility index (Phi) is 3.98. The fourth-order valence-corrected chi connectivity index (χ4v) is 2.76. The highest BCUT2D eigenvalue weighted by Gasteiger charge is 2.23. The first-order chi connectivity index (χ1) is 9.83. The van der Waals surface area contributed by atoms with Crippen molar-refractivity contribution in [2.24, 2.45) is 5.92 Å². The number of thiazole rings is 1. The van der Waals surface area contributed by atoms with E-state index in [1.165, 1.54) is 11.3 Å². The molecule has 20 heavy (non-hydrogen) atoms. The van der Waals surface area contributed by atoms with E-state index in [0.717, 1.165) is 22.8 Å². The molecule has 104 valence electrons. The molecule has 0 saturated carbocycles. The molecule has 0 aliphatic carbocycles. The number of nitrogens with zero attached hydrogens (tertiary/aromatic N) is 3. The molecule has 2 aromatic heterocycles. The summed E-state index contributed by atoms with van der Waals surface area (Å²) in [4.78, 5) is 24.5. The number of carbonyl (C=O) groups excluding carboxylic acids is 1. The second-order valence-corrected chi connectivity index (χ2v) is 5.37. The number of hydrogen-bond acceptors (Lipinski definition) is 6. The Hall–Kier alpha value is -1.86. The third kappa shape index (κ3) is 3.00. The van der Waals surface area contributed by atoms with E-state index in [4.69, 9.17) is 4.74 Å². The van der Waals surface area contributed by atoms with Crippen LogP contribution < -0.4 is 5.32 Å². The number of ether oxygens (including phenoxy) is 1. The number of aromatic nitrogens is 3. The standard InChI is InChI=1S/C13H14N4O2S/c18-12(9-1-4-19-7-9)16-5-10-8-20-13(17-10)11-6-14-2-3-15-11/h2-3,6,8-9H,1,4-5,7H2,(H,16,18). The SMILES string of the molecule is O=C(NCc1csc(-c2cnccn2)n1)C1CCOC1. The summed E-state index contributed by atoms with van der Waals surface area (Å²) >= 11 is 1.50. The summed E-state index contributed by atoms with van der Waals surface area (Å²) in [6.07, 6.45) is 5.74. The Morgan fingerprint density at radius 2 is 2.45 bits per heavy atom. The Morgan fingerprint density at radius 1 is 1.50 bits per heavy atom. The van der Waals surface area contributed by atoms with Crippen LogP contribution in [-0.4, -0.2) is 34.1 Å². The largest absolute Gasteiger partial charge is 0.381 e. The highest BCUT2D eigenvalue weighted by Crippen LogP contribution is 2.20. The molecule has 6 nitrogen and oxygen atoms in total. The second-order valence-electron chi connectivity index (χ2n) is 4.51. The number of rotatable bonds is 4. The smallest absolute Gasteiger partial charge is 0.225 e. The minimum Gasteiger partial charge on any atom is -0.381 e. The Morgan fingerprint density at radius 3 is 3.20 bits per heavy atom. The van der Waals surface area contributed by atoms with Gasteiger partial charge in [-0.05, 0) is 6.42 Å². The van der Waals surface area contributed by atoms with Gasteiger partial charge in [-0.3, -0.25) is 14.8 Å². The molecule has 0 aromatic carbocycles. The molecular formula is C13H14N4O2S. The van der Waals surface area contributed by atoms with Crippen molar-refractivity contribution >= 4 is 17.2 Å². The molecule has 1 aliphatic heterocycles. The number of amides is 1. The summed E-state index contributed by atoms with van der Waals surface area (Å²) < 4.78 is 5.20. The van der Waals surface area contributed by atoms with Gasteiger partial charge < -0.3 is 10.1 Å². The van der Waals surface area contributed by atoms with Crippen molar-refractivity contribution in [1.82, 2.24) is 20.3 Å². The van der Waals surface area contributed by atoms with Crippen LogP contribution in [0.15, 0.2) is 24.0 Å². The van der Waals surface area contributed by atoms with Gasteiger partial charge in [0.2, 0.25) is 5.91 Å². The molecule has 0 radical (unpaired) electrons. The number of carbonyl (C=O) groups is 1. The van der Waals surface area contributed by atoms with E-state index in [9.17, 15) is 4.79 Å². The van der Waals surface area contributed by atoms with Gasteiger partial charge in [-0.15, -0.1) is 11.3 Å². The average Bonchev–Trinajstić information content (AvgIpc) is 3.17. The quantitative estimate of drug-likeness (QED) is 0.917. The van der Waals surface area contributed by atoms with Crippen molar-refractivity contribution < 1.29 is 9.53 Å². The monoisotopic (exact) mass is 290 g/mol. The molecule has 0 spiro atoms. The third-order valence-electron chi connectivity index (χ3n) is 3.08. The number of hydrogen-bond donors (Lipinski definition) is 1. The van der Waals surface area contributed by atoms with E-state index in [1.807, 2.05) is 5.38 Å². The van der Waals surface area contributed by atoms with E-state index in [-0.39, 0.29) is 11.8 Å². The van der Waals surface area contributed by atoms with E-state index in [1.54, 1.807) is 18.6 Å². The molecule has 7 heteroatoms. The summed E-state index contributed by atoms with van der Waals surface area (Å²) in [5.74, 6) is 0.0182. The van der Waals surface area contributed by atoms with Crippen LogP contribution >= 0.6 is 11.3 Å². The zero-order valence-electron chi connectivity index (χ0n) is 10.8. The second kappa shape index (κ2) is 6.06. The molecular weight excluding hydrogens is 276 g/mol. The number of nitrogens with one attached hydrogen (secondary N) is 1. The third-order valence-corrected chi connectivity index (χ3v) is 3.99. The zero-order chi connectivity index (χ0) is 13.8. The van der Waals surface area contributed by atoms with Gasteiger partial charge in [0.15, 0.2) is 0 Å². The van der Waals surface area contributed by atoms with Crippen molar-refractivity contribution in [3.63, 3.8) is 0 Å². The molecule has 2 aromatic rings. The van der Waals surface area contributed by atoms with Crippen LogP contribution in [0.2, 0.25) is 0 Å². The van der Waals surface area contributed by atoms with Crippen LogP contribution in [0, 0.1) is 5.92 Å². The molecule has 1 aliphatic rings. The predicted octanol–water partition coefficient (Wildman–Crippen LogP) is 1.25. The molecule has 1 unspecified atom stereocenters. The van der Waals surface area contributed by atoms with Crippen LogP contribution in [0.25, 0.3) is 10.7 Å². The van der Waals surface area contributed by atoms with Gasteiger partial charge in [0.1, 0.15) is 10.7 Å². The normalized spacial score (nSPS) is 18.1.